The van der Waals surface area contributed by atoms with Crippen LogP contribution in [0, 0.1) is 0 Å². The van der Waals surface area contributed by atoms with Crippen LogP contribution >= 0.6 is 11.3 Å². The number of fused-ring (bicyclic) bond motifs is 1. The number of esters is 1. The predicted molar refractivity (Wildman–Crippen MR) is 68.5 cm³/mol. The zero-order valence-corrected chi connectivity index (χ0v) is 11.1. The van der Waals surface area contributed by atoms with Gasteiger partial charge < -0.3 is 14.6 Å². The Morgan fingerprint density at radius 2 is 2.16 bits per heavy atom. The van der Waals surface area contributed by atoms with Crippen molar-refractivity contribution in [2.24, 2.45) is 0 Å². The van der Waals surface area contributed by atoms with Gasteiger partial charge in [-0.05, 0) is 12.1 Å². The average molecular weight is 278 g/mol. The Bertz CT molecular complexity index is 558. The molecule has 2 rings (SSSR count). The molecule has 0 aliphatic heterocycles. The largest absolute Gasteiger partial charge is 0.550 e. The zero-order valence-electron chi connectivity index (χ0n) is 10.3. The molecule has 1 aromatic heterocycles. The Balaban J connectivity index is 2.15. The van der Waals surface area contributed by atoms with E-state index in [1.807, 2.05) is 24.3 Å². The summed E-state index contributed by atoms with van der Waals surface area (Å²) in [7, 11) is 0. The highest BCUT2D eigenvalue weighted by molar-refractivity contribution is 7.18. The number of carbonyl (C=O) groups is 2. The summed E-state index contributed by atoms with van der Waals surface area (Å²) in [6, 6.07) is 7.62. The van der Waals surface area contributed by atoms with E-state index in [0.717, 1.165) is 15.2 Å². The maximum Gasteiger partial charge on any atom is 0.302 e. The molecule has 0 unspecified atom stereocenters. The summed E-state index contributed by atoms with van der Waals surface area (Å²) in [5, 5.41) is 11.4. The Kier molecular flexibility index (Phi) is 4.11. The van der Waals surface area contributed by atoms with Crippen molar-refractivity contribution in [3.8, 4) is 0 Å². The summed E-state index contributed by atoms with van der Waals surface area (Å²) < 4.78 is 5.99. The van der Waals surface area contributed by atoms with Crippen molar-refractivity contribution in [3.63, 3.8) is 0 Å². The molecule has 6 heteroatoms. The van der Waals surface area contributed by atoms with Crippen molar-refractivity contribution in [1.82, 2.24) is 4.98 Å². The van der Waals surface area contributed by atoms with Gasteiger partial charge in [-0.25, -0.2) is 4.98 Å². The number of ether oxygens (including phenoxy) is 1. The molecular formula is C13H12NO4S-. The van der Waals surface area contributed by atoms with E-state index in [-0.39, 0.29) is 12.8 Å². The molecule has 19 heavy (non-hydrogen) atoms. The van der Waals surface area contributed by atoms with E-state index in [1.54, 1.807) is 0 Å². The van der Waals surface area contributed by atoms with E-state index in [2.05, 4.69) is 4.98 Å². The third-order valence-electron chi connectivity index (χ3n) is 2.47. The molecule has 0 spiro atoms. The van der Waals surface area contributed by atoms with Crippen molar-refractivity contribution >= 4 is 33.5 Å². The highest BCUT2D eigenvalue weighted by Gasteiger charge is 2.16. The summed E-state index contributed by atoms with van der Waals surface area (Å²) in [6.07, 6.45) is -0.773. The van der Waals surface area contributed by atoms with Gasteiger partial charge in [0, 0.05) is 25.7 Å². The number of carboxylic acids is 1. The third kappa shape index (κ3) is 3.75. The van der Waals surface area contributed by atoms with Crippen molar-refractivity contribution in [1.29, 1.82) is 0 Å². The summed E-state index contributed by atoms with van der Waals surface area (Å²) in [6.45, 7) is 1.25. The molecule has 0 saturated carbocycles. The monoisotopic (exact) mass is 278 g/mol. The number of hydrogen-bond donors (Lipinski definition) is 0. The first kappa shape index (κ1) is 13.5. The molecule has 100 valence electrons. The van der Waals surface area contributed by atoms with Crippen LogP contribution in [0.2, 0.25) is 0 Å². The van der Waals surface area contributed by atoms with Gasteiger partial charge in [0.25, 0.3) is 0 Å². The number of carbonyl (C=O) groups excluding carboxylic acids is 2. The lowest BCUT2D eigenvalue weighted by molar-refractivity contribution is -0.307. The van der Waals surface area contributed by atoms with Gasteiger partial charge in [-0.15, -0.1) is 11.3 Å². The molecule has 1 atom stereocenters. The normalized spacial score (nSPS) is 12.3. The molecule has 0 saturated heterocycles. The minimum Gasteiger partial charge on any atom is -0.550 e. The van der Waals surface area contributed by atoms with Gasteiger partial charge in [0.2, 0.25) is 0 Å². The second kappa shape index (κ2) is 5.79. The fourth-order valence-electron chi connectivity index (χ4n) is 1.78. The number of aromatic nitrogens is 1. The number of aliphatic carboxylic acids is 1. The standard InChI is InChI=1S/C13H13NO4S/c1-8(15)18-9(7-13(16)17)6-12-14-10-4-2-3-5-11(10)19-12/h2-5,9H,6-7H2,1H3,(H,16,17)/p-1/t9-/m0/s1. The zero-order chi connectivity index (χ0) is 13.8. The average Bonchev–Trinajstić information content (AvgIpc) is 2.68. The highest BCUT2D eigenvalue weighted by atomic mass is 32.1. The molecule has 0 radical (unpaired) electrons. The molecule has 0 aliphatic carbocycles. The Hall–Kier alpha value is -1.95. The topological polar surface area (TPSA) is 79.3 Å². The number of nitrogens with zero attached hydrogens (tertiary/aromatic N) is 1. The van der Waals surface area contributed by atoms with Gasteiger partial charge in [0.1, 0.15) is 6.10 Å². The SMILES string of the molecule is CC(=O)O[C@H](CC(=O)[O-])Cc1nc2ccccc2s1. The first-order valence-electron chi connectivity index (χ1n) is 5.76. The van der Waals surface area contributed by atoms with Crippen LogP contribution in [0.3, 0.4) is 0 Å². The van der Waals surface area contributed by atoms with Gasteiger partial charge in [0.15, 0.2) is 0 Å². The molecule has 5 nitrogen and oxygen atoms in total. The molecule has 1 heterocycles. The minimum absolute atomic E-state index is 0.285. The number of carboxylic acid groups (broad SMARTS) is 1. The molecule has 0 aliphatic rings. The van der Waals surface area contributed by atoms with Crippen LogP contribution in [0.25, 0.3) is 10.2 Å². The second-order valence-corrected chi connectivity index (χ2v) is 5.20. The number of rotatable bonds is 5. The van der Waals surface area contributed by atoms with Crippen molar-refractivity contribution < 1.29 is 19.4 Å². The van der Waals surface area contributed by atoms with E-state index >= 15 is 0 Å². The quantitative estimate of drug-likeness (QED) is 0.759. The lowest BCUT2D eigenvalue weighted by Crippen LogP contribution is -2.31. The van der Waals surface area contributed by atoms with Gasteiger partial charge >= 0.3 is 5.97 Å². The summed E-state index contributed by atoms with van der Waals surface area (Å²) in [4.78, 5) is 26.0. The minimum atomic E-state index is -1.24. The van der Waals surface area contributed by atoms with Gasteiger partial charge in [-0.1, -0.05) is 12.1 Å². The first-order valence-corrected chi connectivity index (χ1v) is 6.58. The fraction of sp³-hybridized carbons (Fsp3) is 0.308. The Labute approximate surface area is 113 Å². The highest BCUT2D eigenvalue weighted by Crippen LogP contribution is 2.23. The molecule has 0 bridgehead atoms. The lowest BCUT2D eigenvalue weighted by atomic mass is 10.2. The third-order valence-corrected chi connectivity index (χ3v) is 3.53. The lowest BCUT2D eigenvalue weighted by Gasteiger charge is -2.15. The summed E-state index contributed by atoms with van der Waals surface area (Å²) in [5.74, 6) is -1.75. The summed E-state index contributed by atoms with van der Waals surface area (Å²) in [5.41, 5.74) is 0.859. The predicted octanol–water partition coefficient (Wildman–Crippen LogP) is 0.910. The molecule has 2 aromatic rings. The van der Waals surface area contributed by atoms with Crippen molar-refractivity contribution in [2.45, 2.75) is 25.9 Å². The van der Waals surface area contributed by atoms with Crippen LogP contribution in [-0.2, 0) is 20.7 Å². The maximum atomic E-state index is 10.9. The van der Waals surface area contributed by atoms with Crippen LogP contribution in [0.1, 0.15) is 18.4 Å². The second-order valence-electron chi connectivity index (χ2n) is 4.09. The molecule has 0 fully saturated rings. The van der Waals surface area contributed by atoms with Crippen molar-refractivity contribution in [2.75, 3.05) is 0 Å². The molecule has 0 amide bonds. The van der Waals surface area contributed by atoms with Crippen LogP contribution in [0.15, 0.2) is 24.3 Å². The van der Waals surface area contributed by atoms with Gasteiger partial charge in [-0.2, -0.15) is 0 Å². The molecular weight excluding hydrogens is 266 g/mol. The fourth-order valence-corrected chi connectivity index (χ4v) is 2.81. The number of benzene rings is 1. The Morgan fingerprint density at radius 1 is 1.42 bits per heavy atom. The van der Waals surface area contributed by atoms with Crippen LogP contribution in [0.5, 0.6) is 0 Å². The van der Waals surface area contributed by atoms with E-state index in [4.69, 9.17) is 4.74 Å². The van der Waals surface area contributed by atoms with E-state index in [0.29, 0.717) is 0 Å². The van der Waals surface area contributed by atoms with Crippen LogP contribution in [0.4, 0.5) is 0 Å². The smallest absolute Gasteiger partial charge is 0.302 e. The maximum absolute atomic E-state index is 10.9. The van der Waals surface area contributed by atoms with E-state index in [9.17, 15) is 14.7 Å². The van der Waals surface area contributed by atoms with Crippen molar-refractivity contribution in [3.05, 3.63) is 29.3 Å². The van der Waals surface area contributed by atoms with Crippen LogP contribution < -0.4 is 5.11 Å². The molecule has 1 aromatic carbocycles. The molecule has 0 N–H and O–H groups in total. The van der Waals surface area contributed by atoms with E-state index < -0.39 is 18.0 Å². The van der Waals surface area contributed by atoms with Crippen LogP contribution in [-0.4, -0.2) is 23.0 Å². The number of hydrogen-bond acceptors (Lipinski definition) is 6. The summed E-state index contributed by atoms with van der Waals surface area (Å²) >= 11 is 1.46. The number of para-hydroxylation sites is 1. The number of thiazole rings is 1. The van der Waals surface area contributed by atoms with Gasteiger partial charge in [-0.3, -0.25) is 4.79 Å². The van der Waals surface area contributed by atoms with Gasteiger partial charge in [0.05, 0.1) is 15.2 Å². The first-order chi connectivity index (χ1) is 9.04. The van der Waals surface area contributed by atoms with E-state index in [1.165, 1.54) is 18.3 Å². The Morgan fingerprint density at radius 3 is 2.79 bits per heavy atom.